The summed E-state index contributed by atoms with van der Waals surface area (Å²) in [6.07, 6.45) is 1.81. The van der Waals surface area contributed by atoms with Crippen LogP contribution in [0.25, 0.3) is 0 Å². The Morgan fingerprint density at radius 2 is 1.91 bits per heavy atom. The molecule has 0 unspecified atom stereocenters. The maximum absolute atomic E-state index is 11.8. The topological polar surface area (TPSA) is 65.0 Å². The van der Waals surface area contributed by atoms with Crippen molar-refractivity contribution in [2.24, 2.45) is 0 Å². The molecular weight excluding hydrogens is 416 g/mol. The number of fused-ring (bicyclic) bond motifs is 1. The van der Waals surface area contributed by atoms with Gasteiger partial charge in [0, 0.05) is 29.5 Å². The predicted molar refractivity (Wildman–Crippen MR) is 128 cm³/mol. The molecule has 2 aromatic rings. The van der Waals surface area contributed by atoms with Crippen molar-refractivity contribution in [2.45, 2.75) is 96.6 Å². The fourth-order valence-electron chi connectivity index (χ4n) is 5.03. The van der Waals surface area contributed by atoms with E-state index >= 15 is 0 Å². The van der Waals surface area contributed by atoms with E-state index in [0.29, 0.717) is 25.9 Å². The molecule has 0 spiro atoms. The molecule has 0 aromatic heterocycles. The molecule has 0 bridgehead atoms. The summed E-state index contributed by atoms with van der Waals surface area (Å²) in [5, 5.41) is 10.0. The molecule has 33 heavy (non-hydrogen) atoms. The van der Waals surface area contributed by atoms with Gasteiger partial charge in [0.05, 0.1) is 12.5 Å². The molecule has 0 amide bonds. The van der Waals surface area contributed by atoms with E-state index in [0.717, 1.165) is 40.2 Å². The first kappa shape index (κ1) is 23.6. The number of ether oxygens (including phenoxy) is 3. The fourth-order valence-corrected chi connectivity index (χ4v) is 5.03. The number of aliphatic hydroxyl groups excluding tert-OH is 1. The lowest BCUT2D eigenvalue weighted by Gasteiger charge is -2.30. The van der Waals surface area contributed by atoms with Gasteiger partial charge < -0.3 is 19.3 Å². The van der Waals surface area contributed by atoms with Crippen LogP contribution < -0.4 is 9.47 Å². The molecule has 178 valence electrons. The molecule has 4 rings (SSSR count). The number of carbonyl (C=O) groups excluding carboxylic acids is 1. The van der Waals surface area contributed by atoms with Gasteiger partial charge >= 0.3 is 5.97 Å². The van der Waals surface area contributed by atoms with Gasteiger partial charge in [-0.15, -0.1) is 0 Å². The Bertz CT molecular complexity index is 1000. The minimum absolute atomic E-state index is 0.0826. The molecule has 2 aliphatic heterocycles. The standard InChI is InChI=1S/C28H36O5/c1-27(2,3)25-22(12-11-21-14-20(29)15-24(30)32-21)26-19(16-28(4,5)33-26)13-23(25)31-17-18-9-7-6-8-10-18/h6-10,13,20-21,29H,11-12,14-17H2,1-5H3/t20-,21-/m1/s1. The second-order valence-electron chi connectivity index (χ2n) is 11.0. The second-order valence-corrected chi connectivity index (χ2v) is 11.0. The SMILES string of the molecule is CC1(C)Cc2cc(OCc3ccccc3)c(C(C)(C)C)c(CC[C@@H]3C[C@@H](O)CC(=O)O3)c2O1. The van der Waals surface area contributed by atoms with Crippen LogP contribution in [0.3, 0.4) is 0 Å². The lowest BCUT2D eigenvalue weighted by atomic mass is 9.80. The first-order valence-corrected chi connectivity index (χ1v) is 11.9. The third-order valence-electron chi connectivity index (χ3n) is 6.35. The van der Waals surface area contributed by atoms with Crippen molar-refractivity contribution in [3.8, 4) is 11.5 Å². The van der Waals surface area contributed by atoms with Crippen molar-refractivity contribution in [3.05, 3.63) is 58.7 Å². The zero-order valence-electron chi connectivity index (χ0n) is 20.4. The van der Waals surface area contributed by atoms with Crippen LogP contribution in [-0.4, -0.2) is 28.9 Å². The van der Waals surface area contributed by atoms with Crippen molar-refractivity contribution >= 4 is 5.97 Å². The van der Waals surface area contributed by atoms with Gasteiger partial charge in [0.25, 0.3) is 0 Å². The predicted octanol–water partition coefficient (Wildman–Crippen LogP) is 5.28. The molecule has 0 radical (unpaired) electrons. The van der Waals surface area contributed by atoms with Gasteiger partial charge in [-0.2, -0.15) is 0 Å². The largest absolute Gasteiger partial charge is 0.489 e. The van der Waals surface area contributed by atoms with Crippen LogP contribution in [0.2, 0.25) is 0 Å². The summed E-state index contributed by atoms with van der Waals surface area (Å²) >= 11 is 0. The van der Waals surface area contributed by atoms with E-state index in [2.05, 4.69) is 52.8 Å². The van der Waals surface area contributed by atoms with Gasteiger partial charge in [-0.05, 0) is 43.7 Å². The van der Waals surface area contributed by atoms with Crippen molar-refractivity contribution in [1.29, 1.82) is 0 Å². The Labute approximate surface area is 197 Å². The number of carbonyl (C=O) groups is 1. The van der Waals surface area contributed by atoms with E-state index in [9.17, 15) is 9.90 Å². The van der Waals surface area contributed by atoms with Crippen LogP contribution in [0.5, 0.6) is 11.5 Å². The van der Waals surface area contributed by atoms with E-state index in [1.165, 1.54) is 0 Å². The lowest BCUT2D eigenvalue weighted by Crippen LogP contribution is -2.33. The third-order valence-corrected chi connectivity index (χ3v) is 6.35. The first-order chi connectivity index (χ1) is 15.5. The van der Waals surface area contributed by atoms with Gasteiger partial charge in [0.15, 0.2) is 0 Å². The molecule has 1 N–H and O–H groups in total. The first-order valence-electron chi connectivity index (χ1n) is 11.9. The fraction of sp³-hybridized carbons (Fsp3) is 0.536. The number of hydrogen-bond donors (Lipinski definition) is 1. The summed E-state index contributed by atoms with van der Waals surface area (Å²) in [6.45, 7) is 11.3. The maximum atomic E-state index is 11.8. The van der Waals surface area contributed by atoms with E-state index in [4.69, 9.17) is 14.2 Å². The molecular formula is C28H36O5. The molecule has 1 fully saturated rings. The number of benzene rings is 2. The smallest absolute Gasteiger partial charge is 0.308 e. The summed E-state index contributed by atoms with van der Waals surface area (Å²) in [5.74, 6) is 1.51. The molecule has 2 heterocycles. The number of cyclic esters (lactones) is 1. The van der Waals surface area contributed by atoms with E-state index in [1.54, 1.807) is 0 Å². The maximum Gasteiger partial charge on any atom is 0.308 e. The Balaban J connectivity index is 1.69. The average Bonchev–Trinajstić information content (AvgIpc) is 3.03. The summed E-state index contributed by atoms with van der Waals surface area (Å²) < 4.78 is 18.4. The Morgan fingerprint density at radius 1 is 1.18 bits per heavy atom. The lowest BCUT2D eigenvalue weighted by molar-refractivity contribution is -0.160. The highest BCUT2D eigenvalue weighted by atomic mass is 16.5. The Morgan fingerprint density at radius 3 is 2.58 bits per heavy atom. The van der Waals surface area contributed by atoms with Crippen molar-refractivity contribution in [3.63, 3.8) is 0 Å². The Hall–Kier alpha value is -2.53. The highest BCUT2D eigenvalue weighted by Crippen LogP contribution is 2.47. The van der Waals surface area contributed by atoms with Crippen LogP contribution in [-0.2, 0) is 34.4 Å². The zero-order valence-corrected chi connectivity index (χ0v) is 20.4. The van der Waals surface area contributed by atoms with E-state index in [1.807, 2.05) is 18.2 Å². The minimum atomic E-state index is -0.625. The van der Waals surface area contributed by atoms with Gasteiger partial charge in [-0.1, -0.05) is 51.1 Å². The van der Waals surface area contributed by atoms with E-state index in [-0.39, 0.29) is 29.5 Å². The molecule has 2 aliphatic rings. The molecule has 5 nitrogen and oxygen atoms in total. The highest BCUT2D eigenvalue weighted by Gasteiger charge is 2.37. The summed E-state index contributed by atoms with van der Waals surface area (Å²) in [4.78, 5) is 11.8. The van der Waals surface area contributed by atoms with Crippen LogP contribution in [0.1, 0.15) is 76.1 Å². The van der Waals surface area contributed by atoms with Gasteiger partial charge in [0.1, 0.15) is 29.8 Å². The highest BCUT2D eigenvalue weighted by molar-refractivity contribution is 5.71. The molecule has 0 saturated carbocycles. The molecule has 1 saturated heterocycles. The monoisotopic (exact) mass is 452 g/mol. The van der Waals surface area contributed by atoms with Gasteiger partial charge in [-0.3, -0.25) is 4.79 Å². The minimum Gasteiger partial charge on any atom is -0.489 e. The number of esters is 1. The van der Waals surface area contributed by atoms with Crippen LogP contribution in [0.15, 0.2) is 36.4 Å². The van der Waals surface area contributed by atoms with Crippen LogP contribution >= 0.6 is 0 Å². The summed E-state index contributed by atoms with van der Waals surface area (Å²) in [5.41, 5.74) is 4.10. The van der Waals surface area contributed by atoms with Crippen LogP contribution in [0.4, 0.5) is 0 Å². The molecule has 2 aromatic carbocycles. The number of hydrogen-bond acceptors (Lipinski definition) is 5. The summed E-state index contributed by atoms with van der Waals surface area (Å²) in [6, 6.07) is 12.3. The second kappa shape index (κ2) is 9.02. The normalized spacial score (nSPS) is 21.8. The van der Waals surface area contributed by atoms with Crippen molar-refractivity contribution in [2.75, 3.05) is 0 Å². The summed E-state index contributed by atoms with van der Waals surface area (Å²) in [7, 11) is 0. The van der Waals surface area contributed by atoms with Crippen molar-refractivity contribution < 1.29 is 24.1 Å². The quantitative estimate of drug-likeness (QED) is 0.605. The molecule has 5 heteroatoms. The van der Waals surface area contributed by atoms with E-state index < -0.39 is 6.10 Å². The van der Waals surface area contributed by atoms with Gasteiger partial charge in [0.2, 0.25) is 0 Å². The van der Waals surface area contributed by atoms with Crippen LogP contribution in [0, 0.1) is 0 Å². The number of rotatable bonds is 6. The molecule has 2 atom stereocenters. The third kappa shape index (κ3) is 5.52. The zero-order chi connectivity index (χ0) is 23.8. The number of aliphatic hydroxyl groups is 1. The van der Waals surface area contributed by atoms with Crippen molar-refractivity contribution in [1.82, 2.24) is 0 Å². The average molecular weight is 453 g/mol. The molecule has 0 aliphatic carbocycles. The van der Waals surface area contributed by atoms with Gasteiger partial charge in [-0.25, -0.2) is 0 Å². The Kier molecular flexibility index (Phi) is 6.45.